The SMILES string of the molecule is CCCCCCCCCCCCCCCCOC(=O)/C=C/c1ccc(OCCCCCCCCCCCCCCCC)cc1. The molecule has 0 bridgehead atoms. The maximum atomic E-state index is 12.1. The van der Waals surface area contributed by atoms with Crippen molar-refractivity contribution in [2.24, 2.45) is 0 Å². The molecule has 0 fully saturated rings. The van der Waals surface area contributed by atoms with Gasteiger partial charge in [0.05, 0.1) is 13.2 Å². The maximum Gasteiger partial charge on any atom is 0.330 e. The smallest absolute Gasteiger partial charge is 0.330 e. The quantitative estimate of drug-likeness (QED) is 0.0450. The number of ether oxygens (including phenoxy) is 2. The van der Waals surface area contributed by atoms with Crippen LogP contribution in [0.5, 0.6) is 5.75 Å². The van der Waals surface area contributed by atoms with Gasteiger partial charge in [-0.25, -0.2) is 4.79 Å². The summed E-state index contributed by atoms with van der Waals surface area (Å²) in [7, 11) is 0. The molecule has 44 heavy (non-hydrogen) atoms. The zero-order chi connectivity index (χ0) is 31.6. The van der Waals surface area contributed by atoms with Crippen LogP contribution in [0.25, 0.3) is 6.08 Å². The first kappa shape index (κ1) is 40.3. The molecule has 0 saturated carbocycles. The monoisotopic (exact) mass is 613 g/mol. The van der Waals surface area contributed by atoms with Gasteiger partial charge in [0.2, 0.25) is 0 Å². The molecule has 0 unspecified atom stereocenters. The third-order valence-corrected chi connectivity index (χ3v) is 8.80. The third-order valence-electron chi connectivity index (χ3n) is 8.80. The van der Waals surface area contributed by atoms with E-state index >= 15 is 0 Å². The van der Waals surface area contributed by atoms with Crippen LogP contribution in [0.2, 0.25) is 0 Å². The lowest BCUT2D eigenvalue weighted by molar-refractivity contribution is -0.137. The molecule has 0 aliphatic carbocycles. The molecule has 1 aromatic carbocycles. The highest BCUT2D eigenvalue weighted by atomic mass is 16.5. The summed E-state index contributed by atoms with van der Waals surface area (Å²) in [4.78, 5) is 12.1. The van der Waals surface area contributed by atoms with E-state index in [4.69, 9.17) is 9.47 Å². The van der Waals surface area contributed by atoms with Gasteiger partial charge in [-0.3, -0.25) is 0 Å². The second-order valence-electron chi connectivity index (χ2n) is 13.1. The van der Waals surface area contributed by atoms with E-state index in [0.29, 0.717) is 6.61 Å². The van der Waals surface area contributed by atoms with Crippen LogP contribution in [0.4, 0.5) is 0 Å². The molecule has 3 nitrogen and oxygen atoms in total. The Balaban J connectivity index is 1.90. The lowest BCUT2D eigenvalue weighted by Gasteiger charge is -2.07. The van der Waals surface area contributed by atoms with Crippen LogP contribution in [0.3, 0.4) is 0 Å². The van der Waals surface area contributed by atoms with Crippen LogP contribution in [0.15, 0.2) is 30.3 Å². The molecule has 0 saturated heterocycles. The van der Waals surface area contributed by atoms with Gasteiger partial charge in [-0.1, -0.05) is 193 Å². The average Bonchev–Trinajstić information content (AvgIpc) is 3.04. The zero-order valence-electron chi connectivity index (χ0n) is 29.4. The fourth-order valence-corrected chi connectivity index (χ4v) is 5.84. The van der Waals surface area contributed by atoms with Crippen molar-refractivity contribution >= 4 is 12.0 Å². The summed E-state index contributed by atoms with van der Waals surface area (Å²) in [5.74, 6) is 0.648. The lowest BCUT2D eigenvalue weighted by Crippen LogP contribution is -2.02. The first-order chi connectivity index (χ1) is 21.8. The van der Waals surface area contributed by atoms with Crippen LogP contribution in [-0.4, -0.2) is 19.2 Å². The van der Waals surface area contributed by atoms with Crippen molar-refractivity contribution < 1.29 is 14.3 Å². The Morgan fingerprint density at radius 1 is 0.477 bits per heavy atom. The first-order valence-corrected chi connectivity index (χ1v) is 19.3. The van der Waals surface area contributed by atoms with Crippen molar-refractivity contribution in [3.63, 3.8) is 0 Å². The summed E-state index contributed by atoms with van der Waals surface area (Å²) in [5, 5.41) is 0. The molecule has 0 aliphatic rings. The molecule has 0 atom stereocenters. The van der Waals surface area contributed by atoms with E-state index in [1.807, 2.05) is 30.3 Å². The van der Waals surface area contributed by atoms with E-state index in [9.17, 15) is 4.79 Å². The maximum absolute atomic E-state index is 12.1. The fraction of sp³-hybridized carbons (Fsp3) is 0.780. The summed E-state index contributed by atoms with van der Waals surface area (Å²) < 4.78 is 11.3. The molecule has 254 valence electrons. The van der Waals surface area contributed by atoms with E-state index in [2.05, 4.69) is 13.8 Å². The largest absolute Gasteiger partial charge is 0.494 e. The average molecular weight is 613 g/mol. The Morgan fingerprint density at radius 2 is 0.818 bits per heavy atom. The van der Waals surface area contributed by atoms with Crippen molar-refractivity contribution in [1.82, 2.24) is 0 Å². The predicted molar refractivity (Wildman–Crippen MR) is 193 cm³/mol. The molecule has 0 spiro atoms. The Bertz CT molecular complexity index is 754. The third kappa shape index (κ3) is 27.8. The number of hydrogen-bond donors (Lipinski definition) is 0. The van der Waals surface area contributed by atoms with Crippen LogP contribution >= 0.6 is 0 Å². The molecule has 0 aliphatic heterocycles. The van der Waals surface area contributed by atoms with Gasteiger partial charge in [0.1, 0.15) is 5.75 Å². The molecule has 0 amide bonds. The Labute approximate surface area is 274 Å². The minimum atomic E-state index is -0.252. The zero-order valence-corrected chi connectivity index (χ0v) is 29.4. The van der Waals surface area contributed by atoms with Gasteiger partial charge >= 0.3 is 5.97 Å². The number of benzene rings is 1. The van der Waals surface area contributed by atoms with Crippen molar-refractivity contribution in [2.75, 3.05) is 13.2 Å². The minimum absolute atomic E-state index is 0.252. The number of hydrogen-bond acceptors (Lipinski definition) is 3. The Hall–Kier alpha value is -1.77. The normalized spacial score (nSPS) is 11.4. The lowest BCUT2D eigenvalue weighted by atomic mass is 10.0. The molecule has 3 heteroatoms. The van der Waals surface area contributed by atoms with Gasteiger partial charge in [0.25, 0.3) is 0 Å². The minimum Gasteiger partial charge on any atom is -0.494 e. The molecule has 0 aromatic heterocycles. The van der Waals surface area contributed by atoms with E-state index in [-0.39, 0.29) is 5.97 Å². The molecule has 0 N–H and O–H groups in total. The molecule has 0 radical (unpaired) electrons. The second-order valence-corrected chi connectivity index (χ2v) is 13.1. The number of carbonyl (C=O) groups excluding carboxylic acids is 1. The van der Waals surface area contributed by atoms with Gasteiger partial charge < -0.3 is 9.47 Å². The molecular weight excluding hydrogens is 540 g/mol. The molecule has 0 heterocycles. The summed E-state index contributed by atoms with van der Waals surface area (Å²) in [6.07, 6.45) is 41.2. The number of esters is 1. The topological polar surface area (TPSA) is 35.5 Å². The molecular formula is C41H72O3. The van der Waals surface area contributed by atoms with Crippen molar-refractivity contribution in [3.05, 3.63) is 35.9 Å². The van der Waals surface area contributed by atoms with Crippen LogP contribution in [0, 0.1) is 0 Å². The summed E-state index contributed by atoms with van der Waals surface area (Å²) >= 11 is 0. The summed E-state index contributed by atoms with van der Waals surface area (Å²) in [5.41, 5.74) is 0.988. The van der Waals surface area contributed by atoms with E-state index in [0.717, 1.165) is 37.2 Å². The Kier molecular flexibility index (Phi) is 29.8. The first-order valence-electron chi connectivity index (χ1n) is 19.3. The van der Waals surface area contributed by atoms with Gasteiger partial charge in [0.15, 0.2) is 0 Å². The standard InChI is InChI=1S/C41H72O3/c1-3-5-7-9-11-13-15-17-19-21-23-25-27-29-37-43-40-34-31-39(32-35-40)33-36-41(42)44-38-30-28-26-24-22-20-18-16-14-12-10-8-6-4-2/h31-36H,3-30,37-38H2,1-2H3/b36-33+. The van der Waals surface area contributed by atoms with E-state index in [1.165, 1.54) is 167 Å². The van der Waals surface area contributed by atoms with Gasteiger partial charge in [0, 0.05) is 6.08 Å². The summed E-state index contributed by atoms with van der Waals surface area (Å²) in [6, 6.07) is 7.97. The van der Waals surface area contributed by atoms with E-state index in [1.54, 1.807) is 0 Å². The highest BCUT2D eigenvalue weighted by molar-refractivity contribution is 5.87. The van der Waals surface area contributed by atoms with Gasteiger partial charge in [-0.15, -0.1) is 0 Å². The van der Waals surface area contributed by atoms with Crippen LogP contribution in [-0.2, 0) is 9.53 Å². The van der Waals surface area contributed by atoms with Crippen LogP contribution < -0.4 is 4.74 Å². The second kappa shape index (κ2) is 32.6. The molecule has 1 rings (SSSR count). The van der Waals surface area contributed by atoms with Crippen molar-refractivity contribution in [2.45, 2.75) is 194 Å². The van der Waals surface area contributed by atoms with Gasteiger partial charge in [-0.05, 0) is 36.6 Å². The van der Waals surface area contributed by atoms with Crippen molar-refractivity contribution in [1.29, 1.82) is 0 Å². The summed E-state index contributed by atoms with van der Waals surface area (Å²) in [6.45, 7) is 5.86. The number of unbranched alkanes of at least 4 members (excludes halogenated alkanes) is 26. The fourth-order valence-electron chi connectivity index (χ4n) is 5.84. The highest BCUT2D eigenvalue weighted by Crippen LogP contribution is 2.16. The Morgan fingerprint density at radius 3 is 1.20 bits per heavy atom. The number of carbonyl (C=O) groups is 1. The van der Waals surface area contributed by atoms with Crippen LogP contribution in [0.1, 0.15) is 199 Å². The molecule has 1 aromatic rings. The predicted octanol–water partition coefficient (Wildman–Crippen LogP) is 13.6. The highest BCUT2D eigenvalue weighted by Gasteiger charge is 2.00. The van der Waals surface area contributed by atoms with Crippen molar-refractivity contribution in [3.8, 4) is 5.75 Å². The van der Waals surface area contributed by atoms with Gasteiger partial charge in [-0.2, -0.15) is 0 Å². The number of rotatable bonds is 33. The van der Waals surface area contributed by atoms with E-state index < -0.39 is 0 Å².